The van der Waals surface area contributed by atoms with Crippen molar-refractivity contribution < 1.29 is 14.3 Å². The fraction of sp³-hybridized carbons (Fsp3) is 0.148. The number of ether oxygens (including phenoxy) is 1. The van der Waals surface area contributed by atoms with Crippen LogP contribution in [0.3, 0.4) is 0 Å². The number of aromatic nitrogens is 1. The number of esters is 1. The average molecular weight is 534 g/mol. The van der Waals surface area contributed by atoms with Gasteiger partial charge in [0.2, 0.25) is 0 Å². The minimum Gasteiger partial charge on any atom is -0.464 e. The lowest BCUT2D eigenvalue weighted by atomic mass is 9.96. The van der Waals surface area contributed by atoms with Gasteiger partial charge in [-0.3, -0.25) is 19.6 Å². The summed E-state index contributed by atoms with van der Waals surface area (Å²) in [7, 11) is 4.76. The molecule has 1 heterocycles. The Hall–Kier alpha value is -3.75. The molecule has 0 radical (unpaired) electrons. The van der Waals surface area contributed by atoms with Crippen LogP contribution >= 0.6 is 15.9 Å². The molecule has 7 nitrogen and oxygen atoms in total. The molecule has 8 heteroatoms. The van der Waals surface area contributed by atoms with Crippen LogP contribution in [0.2, 0.25) is 0 Å². The number of halogens is 1. The van der Waals surface area contributed by atoms with Gasteiger partial charge in [-0.1, -0.05) is 58.4 Å². The van der Waals surface area contributed by atoms with Crippen LogP contribution in [0.15, 0.2) is 82.1 Å². The lowest BCUT2D eigenvalue weighted by molar-refractivity contribution is 0.0588. The minimum absolute atomic E-state index is 0.130. The molecule has 1 amide bonds. The molecule has 0 unspecified atom stereocenters. The molecule has 0 saturated carbocycles. The summed E-state index contributed by atoms with van der Waals surface area (Å²) in [4.78, 5) is 39.0. The second-order valence-electron chi connectivity index (χ2n) is 8.19. The quantitative estimate of drug-likeness (QED) is 0.292. The van der Waals surface area contributed by atoms with Crippen molar-refractivity contribution in [2.75, 3.05) is 21.2 Å². The molecule has 1 aromatic heterocycles. The number of nitrogens with zero attached hydrogens (tertiary/aromatic N) is 2. The summed E-state index contributed by atoms with van der Waals surface area (Å²) >= 11 is 3.49. The van der Waals surface area contributed by atoms with E-state index < -0.39 is 5.97 Å². The molecule has 1 N–H and O–H groups in total. The number of nitrogens with one attached hydrogen (secondary N) is 1. The van der Waals surface area contributed by atoms with E-state index in [9.17, 15) is 14.4 Å². The van der Waals surface area contributed by atoms with Crippen LogP contribution in [0.4, 0.5) is 0 Å². The van der Waals surface area contributed by atoms with Gasteiger partial charge in [0.25, 0.3) is 11.5 Å². The Morgan fingerprint density at radius 3 is 2.29 bits per heavy atom. The highest BCUT2D eigenvalue weighted by Gasteiger charge is 2.24. The van der Waals surface area contributed by atoms with E-state index in [4.69, 9.17) is 4.74 Å². The van der Waals surface area contributed by atoms with Crippen molar-refractivity contribution in [1.29, 1.82) is 0 Å². The minimum atomic E-state index is -0.607. The molecular weight excluding hydrogens is 510 g/mol. The molecule has 35 heavy (non-hydrogen) atoms. The summed E-state index contributed by atoms with van der Waals surface area (Å²) in [6, 6.07) is 21.8. The van der Waals surface area contributed by atoms with E-state index >= 15 is 0 Å². The molecule has 0 aliphatic heterocycles. The number of hydrazine groups is 1. The van der Waals surface area contributed by atoms with Gasteiger partial charge in [0.05, 0.1) is 13.7 Å². The zero-order valence-electron chi connectivity index (χ0n) is 19.5. The van der Waals surface area contributed by atoms with Crippen molar-refractivity contribution in [3.63, 3.8) is 0 Å². The fourth-order valence-corrected chi connectivity index (χ4v) is 4.35. The predicted molar refractivity (Wildman–Crippen MR) is 139 cm³/mol. The van der Waals surface area contributed by atoms with E-state index in [1.165, 1.54) is 11.7 Å². The number of amides is 1. The first kappa shape index (κ1) is 24.4. The summed E-state index contributed by atoms with van der Waals surface area (Å²) in [6.45, 7) is 0.130. The van der Waals surface area contributed by atoms with Gasteiger partial charge in [-0.15, -0.1) is 0 Å². The maximum Gasteiger partial charge on any atom is 0.355 e. The van der Waals surface area contributed by atoms with Crippen molar-refractivity contribution in [2.24, 2.45) is 0 Å². The molecule has 3 aromatic carbocycles. The number of methoxy groups -OCH3 is 1. The first-order valence-corrected chi connectivity index (χ1v) is 11.7. The van der Waals surface area contributed by atoms with Crippen LogP contribution in [-0.4, -0.2) is 42.7 Å². The Kier molecular flexibility index (Phi) is 7.14. The van der Waals surface area contributed by atoms with Crippen LogP contribution in [0.5, 0.6) is 0 Å². The molecule has 0 fully saturated rings. The van der Waals surface area contributed by atoms with E-state index in [2.05, 4.69) is 21.4 Å². The number of hydrogen-bond acceptors (Lipinski definition) is 5. The number of benzene rings is 3. The molecule has 0 saturated heterocycles. The average Bonchev–Trinajstić information content (AvgIpc) is 2.85. The highest BCUT2D eigenvalue weighted by atomic mass is 79.9. The Labute approximate surface area is 211 Å². The third-order valence-electron chi connectivity index (χ3n) is 5.56. The Morgan fingerprint density at radius 1 is 0.971 bits per heavy atom. The fourth-order valence-electron chi connectivity index (χ4n) is 3.99. The predicted octanol–water partition coefficient (Wildman–Crippen LogP) is 4.47. The van der Waals surface area contributed by atoms with Gasteiger partial charge in [-0.05, 0) is 46.8 Å². The number of carbonyl (C=O) groups excluding carboxylic acids is 2. The summed E-state index contributed by atoms with van der Waals surface area (Å²) in [6.07, 6.45) is 0. The van der Waals surface area contributed by atoms with Crippen LogP contribution in [0.1, 0.15) is 26.4 Å². The van der Waals surface area contributed by atoms with Gasteiger partial charge in [-0.2, -0.15) is 0 Å². The van der Waals surface area contributed by atoms with Crippen molar-refractivity contribution in [3.8, 4) is 11.1 Å². The van der Waals surface area contributed by atoms with E-state index in [0.29, 0.717) is 21.9 Å². The van der Waals surface area contributed by atoms with Gasteiger partial charge in [0.15, 0.2) is 0 Å². The molecule has 0 aliphatic carbocycles. The van der Waals surface area contributed by atoms with Gasteiger partial charge in [0, 0.05) is 35.1 Å². The number of carbonyl (C=O) groups is 2. The molecule has 4 rings (SSSR count). The second kappa shape index (κ2) is 10.2. The Morgan fingerprint density at radius 2 is 1.66 bits per heavy atom. The second-order valence-corrected chi connectivity index (χ2v) is 9.11. The van der Waals surface area contributed by atoms with E-state index in [-0.39, 0.29) is 23.7 Å². The number of hydrogen-bond donors (Lipinski definition) is 1. The number of pyridine rings is 1. The van der Waals surface area contributed by atoms with Crippen LogP contribution in [0, 0.1) is 0 Å². The topological polar surface area (TPSA) is 80.6 Å². The highest BCUT2D eigenvalue weighted by molar-refractivity contribution is 9.10. The van der Waals surface area contributed by atoms with Crippen LogP contribution < -0.4 is 11.0 Å². The third-order valence-corrected chi connectivity index (χ3v) is 6.05. The first-order valence-electron chi connectivity index (χ1n) is 10.9. The van der Waals surface area contributed by atoms with E-state index in [0.717, 1.165) is 15.6 Å². The Bertz CT molecular complexity index is 1460. The maximum absolute atomic E-state index is 13.6. The lowest BCUT2D eigenvalue weighted by Gasteiger charge is -2.19. The molecule has 0 spiro atoms. The zero-order valence-corrected chi connectivity index (χ0v) is 21.1. The Balaban J connectivity index is 1.92. The molecule has 0 bridgehead atoms. The first-order chi connectivity index (χ1) is 16.8. The van der Waals surface area contributed by atoms with Crippen LogP contribution in [-0.2, 0) is 11.3 Å². The summed E-state index contributed by atoms with van der Waals surface area (Å²) < 4.78 is 7.37. The van der Waals surface area contributed by atoms with Gasteiger partial charge in [-0.25, -0.2) is 9.80 Å². The smallest absolute Gasteiger partial charge is 0.355 e. The van der Waals surface area contributed by atoms with Crippen molar-refractivity contribution in [1.82, 2.24) is 15.0 Å². The maximum atomic E-state index is 13.6. The molecular formula is C27H24BrN3O4. The number of rotatable bonds is 6. The van der Waals surface area contributed by atoms with Crippen LogP contribution in [0.25, 0.3) is 21.9 Å². The largest absolute Gasteiger partial charge is 0.464 e. The van der Waals surface area contributed by atoms with E-state index in [1.54, 1.807) is 55.5 Å². The summed E-state index contributed by atoms with van der Waals surface area (Å²) in [5.74, 6) is -0.846. The monoisotopic (exact) mass is 533 g/mol. The van der Waals surface area contributed by atoms with Gasteiger partial charge >= 0.3 is 5.97 Å². The zero-order chi connectivity index (χ0) is 25.1. The standard InChI is InChI=1S/C27H24BrN3O4/c1-30(2)29-25(32)19-11-9-17(10-12-19)16-31-24(27(34)35-3)23(18-7-5-4-6-8-18)22-15-20(28)13-14-21(22)26(31)33/h4-15H,16H2,1-3H3,(H,29,32). The molecule has 178 valence electrons. The van der Waals surface area contributed by atoms with E-state index in [1.807, 2.05) is 36.4 Å². The van der Waals surface area contributed by atoms with Crippen molar-refractivity contribution in [3.05, 3.63) is 104 Å². The van der Waals surface area contributed by atoms with Crippen molar-refractivity contribution in [2.45, 2.75) is 6.54 Å². The third kappa shape index (κ3) is 5.03. The molecule has 4 aromatic rings. The molecule has 0 atom stereocenters. The SMILES string of the molecule is COC(=O)c1c(-c2ccccc2)c2cc(Br)ccc2c(=O)n1Cc1ccc(C(=O)NN(C)C)cc1. The summed E-state index contributed by atoms with van der Waals surface area (Å²) in [5.41, 5.74) is 5.21. The number of fused-ring (bicyclic) bond motifs is 1. The lowest BCUT2D eigenvalue weighted by Crippen LogP contribution is -2.36. The highest BCUT2D eigenvalue weighted by Crippen LogP contribution is 2.33. The van der Waals surface area contributed by atoms with Gasteiger partial charge < -0.3 is 4.74 Å². The van der Waals surface area contributed by atoms with Gasteiger partial charge in [0.1, 0.15) is 5.69 Å². The normalized spacial score (nSPS) is 11.0. The van der Waals surface area contributed by atoms with Crippen molar-refractivity contribution >= 4 is 38.6 Å². The summed E-state index contributed by atoms with van der Waals surface area (Å²) in [5, 5.41) is 2.71. The molecule has 0 aliphatic rings.